The molecular formula is C21H21N5O3S2. The lowest BCUT2D eigenvalue weighted by Crippen LogP contribution is -2.12. The van der Waals surface area contributed by atoms with E-state index in [-0.39, 0.29) is 4.90 Å². The molecule has 0 spiro atoms. The van der Waals surface area contributed by atoms with Crippen molar-refractivity contribution in [2.75, 3.05) is 11.8 Å². The molecule has 0 saturated heterocycles. The number of nitrogens with zero attached hydrogens (tertiary/aromatic N) is 4. The fourth-order valence-electron chi connectivity index (χ4n) is 2.92. The minimum Gasteiger partial charge on any atom is -0.497 e. The molecular weight excluding hydrogens is 434 g/mol. The first-order valence-electron chi connectivity index (χ1n) is 9.56. The maximum atomic E-state index is 12.6. The summed E-state index contributed by atoms with van der Waals surface area (Å²) in [5.41, 5.74) is 1.41. The zero-order valence-electron chi connectivity index (χ0n) is 17.2. The highest BCUT2D eigenvalue weighted by molar-refractivity contribution is 7.99. The van der Waals surface area contributed by atoms with Crippen molar-refractivity contribution >= 4 is 33.3 Å². The largest absolute Gasteiger partial charge is 0.497 e. The lowest BCUT2D eigenvalue weighted by atomic mass is 10.3. The Morgan fingerprint density at radius 3 is 2.42 bits per heavy atom. The summed E-state index contributed by atoms with van der Waals surface area (Å²) >= 11 is 1.52. The van der Waals surface area contributed by atoms with Gasteiger partial charge in [0.2, 0.25) is 0 Å². The summed E-state index contributed by atoms with van der Waals surface area (Å²) in [6, 6.07) is 15.4. The second kappa shape index (κ2) is 8.56. The van der Waals surface area contributed by atoms with Crippen LogP contribution in [0.1, 0.15) is 18.4 Å². The fraction of sp³-hybridized carbons (Fsp3) is 0.190. The van der Waals surface area contributed by atoms with E-state index in [0.29, 0.717) is 23.0 Å². The van der Waals surface area contributed by atoms with E-state index in [1.807, 2.05) is 32.0 Å². The van der Waals surface area contributed by atoms with E-state index >= 15 is 0 Å². The Labute approximate surface area is 184 Å². The molecule has 0 aliphatic rings. The van der Waals surface area contributed by atoms with E-state index in [1.165, 1.54) is 31.0 Å². The Kier molecular flexibility index (Phi) is 5.84. The second-order valence-electron chi connectivity index (χ2n) is 6.72. The first-order chi connectivity index (χ1) is 14.9. The monoisotopic (exact) mass is 455 g/mol. The second-order valence-corrected chi connectivity index (χ2v) is 9.49. The van der Waals surface area contributed by atoms with Gasteiger partial charge >= 0.3 is 0 Å². The highest BCUT2D eigenvalue weighted by atomic mass is 32.2. The summed E-state index contributed by atoms with van der Waals surface area (Å²) in [5.74, 6) is 1.83. The van der Waals surface area contributed by atoms with Gasteiger partial charge in [0.1, 0.15) is 16.6 Å². The number of hydrogen-bond donors (Lipinski definition) is 1. The molecule has 2 heterocycles. The molecule has 1 N–H and O–H groups in total. The summed E-state index contributed by atoms with van der Waals surface area (Å²) in [6.45, 7) is 3.87. The van der Waals surface area contributed by atoms with Crippen molar-refractivity contribution in [1.82, 2.24) is 19.6 Å². The van der Waals surface area contributed by atoms with Crippen LogP contribution in [0.15, 0.2) is 69.4 Å². The van der Waals surface area contributed by atoms with E-state index in [4.69, 9.17) is 4.74 Å². The van der Waals surface area contributed by atoms with Crippen LogP contribution in [-0.2, 0) is 16.4 Å². The summed E-state index contributed by atoms with van der Waals surface area (Å²) in [6.07, 6.45) is 0.794. The number of benzene rings is 2. The number of anilines is 1. The zero-order valence-corrected chi connectivity index (χ0v) is 18.9. The Balaban J connectivity index is 1.54. The van der Waals surface area contributed by atoms with Crippen LogP contribution in [-0.4, -0.2) is 35.1 Å². The van der Waals surface area contributed by atoms with E-state index in [2.05, 4.69) is 19.8 Å². The van der Waals surface area contributed by atoms with E-state index < -0.39 is 10.0 Å². The van der Waals surface area contributed by atoms with Gasteiger partial charge in [0, 0.05) is 16.3 Å². The first kappa shape index (κ1) is 21.1. The SMILES string of the molecule is CCc1cc(Sc2ccc(NS(=O)(=O)c3ccc(OC)cc3)cc2)n2nc(C)nc2n1. The van der Waals surface area contributed by atoms with Gasteiger partial charge in [0.25, 0.3) is 15.8 Å². The van der Waals surface area contributed by atoms with Gasteiger partial charge in [-0.1, -0.05) is 18.7 Å². The Morgan fingerprint density at radius 1 is 1.06 bits per heavy atom. The summed E-state index contributed by atoms with van der Waals surface area (Å²) in [7, 11) is -2.15. The van der Waals surface area contributed by atoms with E-state index in [1.54, 1.807) is 28.8 Å². The number of nitrogens with one attached hydrogen (secondary N) is 1. The van der Waals surface area contributed by atoms with Crippen LogP contribution in [0, 0.1) is 6.92 Å². The Bertz CT molecular complexity index is 1320. The molecule has 0 fully saturated rings. The standard InChI is InChI=1S/C21H21N5O3S2/c1-4-15-13-20(26-21(23-15)22-14(2)24-26)30-18-9-5-16(6-10-18)25-31(27,28)19-11-7-17(29-3)8-12-19/h5-13,25H,4H2,1-3H3. The number of aromatic nitrogens is 4. The number of methoxy groups -OCH3 is 1. The molecule has 4 rings (SSSR count). The highest BCUT2D eigenvalue weighted by Crippen LogP contribution is 2.30. The fourth-order valence-corrected chi connectivity index (χ4v) is 4.90. The molecule has 4 aromatic rings. The van der Waals surface area contributed by atoms with Crippen molar-refractivity contribution < 1.29 is 13.2 Å². The molecule has 10 heteroatoms. The lowest BCUT2D eigenvalue weighted by molar-refractivity contribution is 0.414. The maximum absolute atomic E-state index is 12.6. The topological polar surface area (TPSA) is 98.5 Å². The molecule has 160 valence electrons. The number of fused-ring (bicyclic) bond motifs is 1. The normalized spacial score (nSPS) is 11.6. The molecule has 2 aromatic heterocycles. The number of rotatable bonds is 7. The van der Waals surface area contributed by atoms with Crippen LogP contribution in [0.4, 0.5) is 5.69 Å². The van der Waals surface area contributed by atoms with Crippen LogP contribution in [0.25, 0.3) is 5.78 Å². The van der Waals surface area contributed by atoms with Gasteiger partial charge in [-0.25, -0.2) is 13.4 Å². The maximum Gasteiger partial charge on any atom is 0.261 e. The van der Waals surface area contributed by atoms with Gasteiger partial charge in [0.05, 0.1) is 12.0 Å². The molecule has 0 aliphatic heterocycles. The zero-order chi connectivity index (χ0) is 22.0. The molecule has 0 bridgehead atoms. The molecule has 0 unspecified atom stereocenters. The smallest absolute Gasteiger partial charge is 0.261 e. The van der Waals surface area contributed by atoms with Gasteiger partial charge in [-0.05, 0) is 67.9 Å². The summed E-state index contributed by atoms with van der Waals surface area (Å²) in [4.78, 5) is 9.97. The molecule has 8 nitrogen and oxygen atoms in total. The van der Waals surface area contributed by atoms with E-state index in [9.17, 15) is 8.42 Å². The molecule has 0 radical (unpaired) electrons. The van der Waals surface area contributed by atoms with Crippen LogP contribution in [0.2, 0.25) is 0 Å². The van der Waals surface area contributed by atoms with Crippen molar-refractivity contribution in [3.63, 3.8) is 0 Å². The van der Waals surface area contributed by atoms with Crippen molar-refractivity contribution in [3.05, 3.63) is 66.1 Å². The third-order valence-electron chi connectivity index (χ3n) is 4.50. The molecule has 2 aromatic carbocycles. The van der Waals surface area contributed by atoms with Crippen molar-refractivity contribution in [2.24, 2.45) is 0 Å². The minimum absolute atomic E-state index is 0.166. The first-order valence-corrected chi connectivity index (χ1v) is 11.9. The average molecular weight is 456 g/mol. The predicted molar refractivity (Wildman–Crippen MR) is 119 cm³/mol. The number of hydrogen-bond acceptors (Lipinski definition) is 7. The quantitative estimate of drug-likeness (QED) is 0.421. The minimum atomic E-state index is -3.69. The lowest BCUT2D eigenvalue weighted by Gasteiger charge is -2.10. The summed E-state index contributed by atoms with van der Waals surface area (Å²) < 4.78 is 34.6. The summed E-state index contributed by atoms with van der Waals surface area (Å²) in [5, 5.41) is 5.32. The van der Waals surface area contributed by atoms with Gasteiger partial charge in [-0.3, -0.25) is 4.72 Å². The van der Waals surface area contributed by atoms with E-state index in [0.717, 1.165) is 22.0 Å². The predicted octanol–water partition coefficient (Wildman–Crippen LogP) is 3.96. The molecule has 0 atom stereocenters. The van der Waals surface area contributed by atoms with Crippen LogP contribution in [0.3, 0.4) is 0 Å². The van der Waals surface area contributed by atoms with Crippen molar-refractivity contribution in [1.29, 1.82) is 0 Å². The Morgan fingerprint density at radius 2 is 1.77 bits per heavy atom. The average Bonchev–Trinajstić information content (AvgIpc) is 3.15. The number of ether oxygens (including phenoxy) is 1. The third-order valence-corrected chi connectivity index (χ3v) is 6.90. The Hall–Kier alpha value is -3.11. The number of aryl methyl sites for hydroxylation is 2. The van der Waals surface area contributed by atoms with Gasteiger partial charge in [-0.15, -0.1) is 5.10 Å². The highest BCUT2D eigenvalue weighted by Gasteiger charge is 2.15. The third kappa shape index (κ3) is 4.64. The van der Waals surface area contributed by atoms with Gasteiger partial charge in [-0.2, -0.15) is 9.50 Å². The molecule has 0 saturated carbocycles. The van der Waals surface area contributed by atoms with Crippen molar-refractivity contribution in [2.45, 2.75) is 35.1 Å². The number of sulfonamides is 1. The van der Waals surface area contributed by atoms with Crippen molar-refractivity contribution in [3.8, 4) is 5.75 Å². The van der Waals surface area contributed by atoms with Gasteiger partial charge in [0.15, 0.2) is 0 Å². The molecule has 31 heavy (non-hydrogen) atoms. The molecule has 0 amide bonds. The van der Waals surface area contributed by atoms with Gasteiger partial charge < -0.3 is 4.74 Å². The van der Waals surface area contributed by atoms with Crippen LogP contribution >= 0.6 is 11.8 Å². The van der Waals surface area contributed by atoms with Crippen LogP contribution in [0.5, 0.6) is 5.75 Å². The van der Waals surface area contributed by atoms with Crippen LogP contribution < -0.4 is 9.46 Å². The molecule has 0 aliphatic carbocycles.